The Hall–Kier alpha value is -6.23. The van der Waals surface area contributed by atoms with Crippen molar-refractivity contribution in [2.24, 2.45) is 0 Å². The van der Waals surface area contributed by atoms with Crippen LogP contribution in [0.5, 0.6) is 0 Å². The first-order chi connectivity index (χ1) is 26.8. The van der Waals surface area contributed by atoms with Crippen molar-refractivity contribution in [2.75, 3.05) is 0 Å². The molecule has 0 amide bonds. The zero-order chi connectivity index (χ0) is 37.8. The van der Waals surface area contributed by atoms with E-state index in [1.54, 1.807) is 0 Å². The largest absolute Gasteiger partial charge is 0.208 e. The highest BCUT2D eigenvalue weighted by atomic mass is 32.1. The van der Waals surface area contributed by atoms with Gasteiger partial charge in [-0.25, -0.2) is 15.0 Å². The lowest BCUT2D eigenvalue weighted by Gasteiger charge is -2.10. The number of hydrogen-bond acceptors (Lipinski definition) is 4. The van der Waals surface area contributed by atoms with Gasteiger partial charge in [-0.15, -0.1) is 11.3 Å². The monoisotopic (exact) mass is 649 g/mol. The molecule has 7 aromatic carbocycles. The Morgan fingerprint density at radius 3 is 1.37 bits per heavy atom. The minimum Gasteiger partial charge on any atom is -0.208 e. The Morgan fingerprint density at radius 1 is 0.388 bits per heavy atom. The second-order valence-electron chi connectivity index (χ2n) is 11.6. The smallest absolute Gasteiger partial charge is 0.165 e. The van der Waals surface area contributed by atoms with Crippen LogP contribution in [0.4, 0.5) is 0 Å². The minimum absolute atomic E-state index is 0.131. The van der Waals surface area contributed by atoms with Crippen LogP contribution >= 0.6 is 11.3 Å². The van der Waals surface area contributed by atoms with E-state index < -0.39 is 0 Å². The fraction of sp³-hybridized carbons (Fsp3) is 0. The fourth-order valence-electron chi connectivity index (χ4n) is 6.09. The van der Waals surface area contributed by atoms with Gasteiger partial charge >= 0.3 is 0 Å². The number of thiophene rings is 1. The van der Waals surface area contributed by atoms with Gasteiger partial charge in [-0.2, -0.15) is 0 Å². The SMILES string of the molecule is [2H]c1c([2H])c(-c2ccccc2)c2c(sc3c(-c4nc(-c5ccc(-c6ccccc6)cc5)nc(-c5ccc(-c6ccccc6)cc5)n4)c([2H])c([2H])c([2H])c32)c1[2H]. The molecule has 0 atom stereocenters. The van der Waals surface area contributed by atoms with Crippen molar-refractivity contribution in [1.29, 1.82) is 0 Å². The fourth-order valence-corrected chi connectivity index (χ4v) is 7.20. The van der Waals surface area contributed by atoms with Gasteiger partial charge in [0.1, 0.15) is 0 Å². The number of rotatable bonds is 6. The van der Waals surface area contributed by atoms with E-state index in [0.29, 0.717) is 42.9 Å². The van der Waals surface area contributed by atoms with Gasteiger partial charge in [0.25, 0.3) is 0 Å². The van der Waals surface area contributed by atoms with E-state index in [1.807, 2.05) is 140 Å². The molecule has 9 aromatic rings. The maximum Gasteiger partial charge on any atom is 0.165 e. The van der Waals surface area contributed by atoms with E-state index in [2.05, 4.69) is 0 Å². The van der Waals surface area contributed by atoms with Gasteiger partial charge in [0.2, 0.25) is 0 Å². The van der Waals surface area contributed by atoms with Crippen LogP contribution in [-0.4, -0.2) is 15.0 Å². The van der Waals surface area contributed by atoms with Crippen LogP contribution in [0.25, 0.3) is 87.7 Å². The topological polar surface area (TPSA) is 38.7 Å². The van der Waals surface area contributed by atoms with Crippen molar-refractivity contribution in [2.45, 2.75) is 0 Å². The average molecular weight is 650 g/mol. The molecule has 0 spiro atoms. The van der Waals surface area contributed by atoms with E-state index in [1.165, 1.54) is 11.3 Å². The molecule has 0 bridgehead atoms. The Kier molecular flexibility index (Phi) is 5.87. The predicted molar refractivity (Wildman–Crippen MR) is 205 cm³/mol. The Morgan fingerprint density at radius 2 is 0.816 bits per heavy atom. The molecule has 0 fully saturated rings. The molecule has 2 heterocycles. The highest BCUT2D eigenvalue weighted by Crippen LogP contribution is 2.43. The zero-order valence-corrected chi connectivity index (χ0v) is 26.8. The lowest BCUT2D eigenvalue weighted by Crippen LogP contribution is -2.00. The molecule has 0 saturated carbocycles. The predicted octanol–water partition coefficient (Wildman–Crippen LogP) is 12.2. The average Bonchev–Trinajstić information content (AvgIpc) is 3.63. The van der Waals surface area contributed by atoms with Crippen molar-refractivity contribution in [3.63, 3.8) is 0 Å². The molecule has 0 aliphatic heterocycles. The molecule has 0 aliphatic carbocycles. The Bertz CT molecular complexity index is 2800. The van der Waals surface area contributed by atoms with Crippen molar-refractivity contribution >= 4 is 31.5 Å². The molecule has 49 heavy (non-hydrogen) atoms. The van der Waals surface area contributed by atoms with Gasteiger partial charge in [-0.05, 0) is 45.5 Å². The Balaban J connectivity index is 1.30. The molecule has 2 aromatic heterocycles. The third kappa shape index (κ3) is 5.48. The van der Waals surface area contributed by atoms with Gasteiger partial charge in [-0.1, -0.05) is 164 Å². The highest BCUT2D eigenvalue weighted by molar-refractivity contribution is 7.26. The van der Waals surface area contributed by atoms with Crippen molar-refractivity contribution < 1.29 is 8.22 Å². The summed E-state index contributed by atoms with van der Waals surface area (Å²) >= 11 is 1.17. The maximum absolute atomic E-state index is 9.26. The summed E-state index contributed by atoms with van der Waals surface area (Å²) in [4.78, 5) is 14.9. The van der Waals surface area contributed by atoms with Crippen LogP contribution < -0.4 is 0 Å². The molecular formula is C45H29N3S. The first-order valence-electron chi connectivity index (χ1n) is 18.9. The summed E-state index contributed by atoms with van der Waals surface area (Å²) in [6.45, 7) is 0. The number of aromatic nitrogens is 3. The molecule has 230 valence electrons. The number of benzene rings is 7. The highest BCUT2D eigenvalue weighted by Gasteiger charge is 2.18. The molecular weight excluding hydrogens is 615 g/mol. The summed E-state index contributed by atoms with van der Waals surface area (Å²) in [6.07, 6.45) is 0. The van der Waals surface area contributed by atoms with Crippen molar-refractivity contribution in [1.82, 2.24) is 15.0 Å². The van der Waals surface area contributed by atoms with Crippen molar-refractivity contribution in [3.05, 3.63) is 176 Å². The van der Waals surface area contributed by atoms with Gasteiger partial charge in [0, 0.05) is 36.9 Å². The summed E-state index contributed by atoms with van der Waals surface area (Å²) in [5.41, 5.74) is 6.97. The molecule has 0 saturated heterocycles. The van der Waals surface area contributed by atoms with Crippen molar-refractivity contribution in [3.8, 4) is 67.5 Å². The van der Waals surface area contributed by atoms with Gasteiger partial charge in [0.05, 0.1) is 8.22 Å². The number of nitrogens with zero attached hydrogens (tertiary/aromatic N) is 3. The molecule has 0 radical (unpaired) electrons. The maximum atomic E-state index is 9.26. The number of fused-ring (bicyclic) bond motifs is 3. The molecule has 0 aliphatic rings. The second-order valence-corrected chi connectivity index (χ2v) is 12.6. The number of hydrogen-bond donors (Lipinski definition) is 0. The van der Waals surface area contributed by atoms with Crippen LogP contribution in [0.3, 0.4) is 0 Å². The summed E-state index contributed by atoms with van der Waals surface area (Å²) in [5.74, 6) is 0.893. The third-order valence-corrected chi connectivity index (χ3v) is 9.67. The van der Waals surface area contributed by atoms with Gasteiger partial charge < -0.3 is 0 Å². The zero-order valence-electron chi connectivity index (χ0n) is 32.0. The third-order valence-electron chi connectivity index (χ3n) is 8.55. The molecule has 3 nitrogen and oxygen atoms in total. The summed E-state index contributed by atoms with van der Waals surface area (Å²) < 4.78 is 54.9. The molecule has 4 heteroatoms. The summed E-state index contributed by atoms with van der Waals surface area (Å²) in [6, 6.07) is 43.9. The van der Waals surface area contributed by atoms with E-state index in [0.717, 1.165) is 33.4 Å². The molecule has 0 unspecified atom stereocenters. The van der Waals surface area contributed by atoms with Crippen LogP contribution in [0, 0.1) is 0 Å². The Labute approximate surface area is 297 Å². The quantitative estimate of drug-likeness (QED) is 0.180. The molecule has 0 N–H and O–H groups in total. The van der Waals surface area contributed by atoms with E-state index in [-0.39, 0.29) is 47.6 Å². The van der Waals surface area contributed by atoms with E-state index in [4.69, 9.17) is 21.8 Å². The second kappa shape index (κ2) is 12.4. The minimum atomic E-state index is -0.322. The standard InChI is InChI=1S/C45H29N3S/c1-4-12-30(13-5-1)32-22-26-35(27-23-32)43-46-44(36-28-24-33(25-29-36)31-14-6-2-7-15-31)48-45(47-43)39-20-10-19-38-41-37(34-16-8-3-9-17-34)18-11-21-40(41)49-42(38)39/h1-29H/i10D,11D,18D,19D,20D,21D. The first-order valence-corrected chi connectivity index (χ1v) is 16.7. The lowest BCUT2D eigenvalue weighted by molar-refractivity contribution is 1.08. The van der Waals surface area contributed by atoms with Crippen LogP contribution in [0.1, 0.15) is 8.22 Å². The normalized spacial score (nSPS) is 13.0. The molecule has 9 rings (SSSR count). The lowest BCUT2D eigenvalue weighted by atomic mass is 9.99. The van der Waals surface area contributed by atoms with E-state index >= 15 is 0 Å². The van der Waals surface area contributed by atoms with E-state index in [9.17, 15) is 1.37 Å². The van der Waals surface area contributed by atoms with Crippen LogP contribution in [0.15, 0.2) is 176 Å². The van der Waals surface area contributed by atoms with Crippen LogP contribution in [0.2, 0.25) is 0 Å². The summed E-state index contributed by atoms with van der Waals surface area (Å²) in [7, 11) is 0. The van der Waals surface area contributed by atoms with Gasteiger partial charge in [0.15, 0.2) is 17.5 Å². The van der Waals surface area contributed by atoms with Crippen LogP contribution in [-0.2, 0) is 0 Å². The summed E-state index contributed by atoms with van der Waals surface area (Å²) in [5, 5.41) is 0.777. The first kappa shape index (κ1) is 23.2. The van der Waals surface area contributed by atoms with Gasteiger partial charge in [-0.3, -0.25) is 0 Å².